The van der Waals surface area contributed by atoms with Gasteiger partial charge in [0.05, 0.1) is 6.04 Å². The number of carboxylic acid groups (broad SMARTS) is 1. The summed E-state index contributed by atoms with van der Waals surface area (Å²) in [6.45, 7) is 2.84. The van der Waals surface area contributed by atoms with E-state index in [0.29, 0.717) is 25.9 Å². The van der Waals surface area contributed by atoms with Crippen molar-refractivity contribution < 1.29 is 14.7 Å². The lowest BCUT2D eigenvalue weighted by Gasteiger charge is -2.35. The van der Waals surface area contributed by atoms with E-state index in [1.54, 1.807) is 11.8 Å². The first-order valence-corrected chi connectivity index (χ1v) is 7.37. The van der Waals surface area contributed by atoms with E-state index in [4.69, 9.17) is 0 Å². The van der Waals surface area contributed by atoms with Gasteiger partial charge >= 0.3 is 5.97 Å². The lowest BCUT2D eigenvalue weighted by atomic mass is 9.93. The summed E-state index contributed by atoms with van der Waals surface area (Å²) in [5, 5.41) is 12.7. The van der Waals surface area contributed by atoms with Crippen molar-refractivity contribution in [2.75, 3.05) is 6.54 Å². The van der Waals surface area contributed by atoms with Gasteiger partial charge < -0.3 is 15.3 Å². The van der Waals surface area contributed by atoms with Crippen LogP contribution in [-0.2, 0) is 22.6 Å². The quantitative estimate of drug-likeness (QED) is 0.857. The van der Waals surface area contributed by atoms with Gasteiger partial charge in [-0.25, -0.2) is 4.79 Å². The van der Waals surface area contributed by atoms with Crippen LogP contribution in [0.15, 0.2) is 24.3 Å². The molecular formula is C16H20N2O3. The van der Waals surface area contributed by atoms with E-state index in [1.807, 2.05) is 18.2 Å². The van der Waals surface area contributed by atoms with E-state index >= 15 is 0 Å². The highest BCUT2D eigenvalue weighted by atomic mass is 16.4. The summed E-state index contributed by atoms with van der Waals surface area (Å²) in [6.07, 6.45) is 1.90. The molecule has 5 nitrogen and oxygen atoms in total. The van der Waals surface area contributed by atoms with Crippen LogP contribution in [0.3, 0.4) is 0 Å². The number of benzene rings is 1. The first-order valence-electron chi connectivity index (χ1n) is 7.37. The van der Waals surface area contributed by atoms with Crippen LogP contribution < -0.4 is 5.32 Å². The molecule has 2 aliphatic rings. The minimum atomic E-state index is -1.06. The summed E-state index contributed by atoms with van der Waals surface area (Å²) in [7, 11) is 0. The summed E-state index contributed by atoms with van der Waals surface area (Å²) in [5.41, 5.74) is 1.32. The maximum atomic E-state index is 12.7. The van der Waals surface area contributed by atoms with Gasteiger partial charge in [-0.3, -0.25) is 4.79 Å². The predicted molar refractivity (Wildman–Crippen MR) is 77.8 cm³/mol. The lowest BCUT2D eigenvalue weighted by molar-refractivity contribution is -0.156. The molecule has 112 valence electrons. The fourth-order valence-corrected chi connectivity index (χ4v) is 3.36. The van der Waals surface area contributed by atoms with Crippen LogP contribution in [0, 0.1) is 0 Å². The summed E-state index contributed by atoms with van der Waals surface area (Å²) in [5.74, 6) is -1.00. The molecule has 1 amide bonds. The number of nitrogens with zero attached hydrogens (tertiary/aromatic N) is 1. The molecule has 0 radical (unpaired) electrons. The average Bonchev–Trinajstić information content (AvgIpc) is 2.89. The summed E-state index contributed by atoms with van der Waals surface area (Å²) >= 11 is 0. The Balaban J connectivity index is 1.79. The molecule has 2 atom stereocenters. The van der Waals surface area contributed by atoms with Gasteiger partial charge in [-0.2, -0.15) is 0 Å². The maximum absolute atomic E-state index is 12.7. The normalized spacial score (nSPS) is 28.2. The highest BCUT2D eigenvalue weighted by molar-refractivity contribution is 5.90. The van der Waals surface area contributed by atoms with Crippen molar-refractivity contribution in [2.45, 2.75) is 44.3 Å². The molecule has 0 bridgehead atoms. The van der Waals surface area contributed by atoms with Gasteiger partial charge in [0.1, 0.15) is 5.54 Å². The minimum absolute atomic E-state index is 0.0908. The molecule has 1 aromatic carbocycles. The summed E-state index contributed by atoms with van der Waals surface area (Å²) in [4.78, 5) is 25.8. The molecule has 2 heterocycles. The summed E-state index contributed by atoms with van der Waals surface area (Å²) < 4.78 is 0. The Morgan fingerprint density at radius 1 is 1.33 bits per heavy atom. The van der Waals surface area contributed by atoms with Gasteiger partial charge in [0.15, 0.2) is 0 Å². The molecule has 0 spiro atoms. The van der Waals surface area contributed by atoms with Gasteiger partial charge in [0.2, 0.25) is 5.91 Å². The number of carboxylic acids is 1. The van der Waals surface area contributed by atoms with Crippen molar-refractivity contribution in [2.24, 2.45) is 0 Å². The molecular weight excluding hydrogens is 268 g/mol. The number of rotatable bonds is 2. The van der Waals surface area contributed by atoms with Crippen LogP contribution in [-0.4, -0.2) is 40.0 Å². The van der Waals surface area contributed by atoms with Crippen molar-refractivity contribution in [3.05, 3.63) is 35.4 Å². The minimum Gasteiger partial charge on any atom is -0.480 e. The molecule has 3 rings (SSSR count). The monoisotopic (exact) mass is 288 g/mol. The number of nitrogens with one attached hydrogen (secondary N) is 1. The third-order valence-electron chi connectivity index (χ3n) is 4.75. The second-order valence-electron chi connectivity index (χ2n) is 6.08. The Morgan fingerprint density at radius 2 is 2.05 bits per heavy atom. The van der Waals surface area contributed by atoms with Gasteiger partial charge in [0.25, 0.3) is 0 Å². The predicted octanol–water partition coefficient (Wildman–Crippen LogP) is 1.17. The third kappa shape index (κ3) is 2.31. The molecule has 21 heavy (non-hydrogen) atoms. The van der Waals surface area contributed by atoms with Crippen LogP contribution in [0.25, 0.3) is 0 Å². The van der Waals surface area contributed by atoms with Gasteiger partial charge in [-0.1, -0.05) is 24.3 Å². The molecule has 5 heteroatoms. The van der Waals surface area contributed by atoms with Crippen molar-refractivity contribution in [1.29, 1.82) is 0 Å². The maximum Gasteiger partial charge on any atom is 0.329 e. The van der Waals surface area contributed by atoms with E-state index in [0.717, 1.165) is 6.42 Å². The van der Waals surface area contributed by atoms with Crippen LogP contribution in [0.4, 0.5) is 0 Å². The number of amides is 1. The molecule has 1 fully saturated rings. The molecule has 2 aliphatic heterocycles. The van der Waals surface area contributed by atoms with Crippen molar-refractivity contribution in [3.8, 4) is 0 Å². The van der Waals surface area contributed by atoms with E-state index in [9.17, 15) is 14.7 Å². The topological polar surface area (TPSA) is 69.6 Å². The van der Waals surface area contributed by atoms with Gasteiger partial charge in [-0.05, 0) is 37.3 Å². The zero-order valence-corrected chi connectivity index (χ0v) is 12.1. The zero-order chi connectivity index (χ0) is 15.0. The number of carbonyl (C=O) groups is 2. The molecule has 0 aliphatic carbocycles. The molecule has 2 unspecified atom stereocenters. The number of hydrogen-bond donors (Lipinski definition) is 2. The third-order valence-corrected chi connectivity index (χ3v) is 4.75. The van der Waals surface area contributed by atoms with E-state index < -0.39 is 11.5 Å². The number of aliphatic carboxylic acids is 1. The zero-order valence-electron chi connectivity index (χ0n) is 12.1. The Labute approximate surface area is 123 Å². The highest BCUT2D eigenvalue weighted by Gasteiger charge is 2.47. The summed E-state index contributed by atoms with van der Waals surface area (Å²) in [6, 6.07) is 7.74. The van der Waals surface area contributed by atoms with E-state index in [2.05, 4.69) is 11.4 Å². The number of likely N-dealkylation sites (tertiary alicyclic amines) is 1. The van der Waals surface area contributed by atoms with E-state index in [-0.39, 0.29) is 11.9 Å². The van der Waals surface area contributed by atoms with Crippen LogP contribution in [0.2, 0.25) is 0 Å². The molecule has 1 aromatic rings. The number of fused-ring (bicyclic) bond motifs is 1. The van der Waals surface area contributed by atoms with Crippen LogP contribution >= 0.6 is 0 Å². The van der Waals surface area contributed by atoms with Crippen molar-refractivity contribution >= 4 is 11.9 Å². The standard InChI is InChI=1S/C16H20N2O3/c1-16(15(20)21)7-4-8-18(16)14(19)13-9-11-5-2-3-6-12(11)10-17-13/h2-3,5-6,13,17H,4,7-10H2,1H3,(H,20,21). The largest absolute Gasteiger partial charge is 0.480 e. The van der Waals surface area contributed by atoms with Crippen molar-refractivity contribution in [1.82, 2.24) is 10.2 Å². The van der Waals surface area contributed by atoms with Crippen molar-refractivity contribution in [3.63, 3.8) is 0 Å². The fourth-order valence-electron chi connectivity index (χ4n) is 3.36. The Kier molecular flexibility index (Phi) is 3.45. The first-order chi connectivity index (χ1) is 10.0. The van der Waals surface area contributed by atoms with Gasteiger partial charge in [0, 0.05) is 13.1 Å². The number of carbonyl (C=O) groups excluding carboxylic acids is 1. The average molecular weight is 288 g/mol. The lowest BCUT2D eigenvalue weighted by Crippen LogP contribution is -2.57. The smallest absolute Gasteiger partial charge is 0.329 e. The van der Waals surface area contributed by atoms with Crippen LogP contribution in [0.5, 0.6) is 0 Å². The Morgan fingerprint density at radius 3 is 2.76 bits per heavy atom. The Hall–Kier alpha value is -1.88. The highest BCUT2D eigenvalue weighted by Crippen LogP contribution is 2.30. The SMILES string of the molecule is CC1(C(=O)O)CCCN1C(=O)C1Cc2ccccc2CN1. The molecule has 2 N–H and O–H groups in total. The van der Waals surface area contributed by atoms with Gasteiger partial charge in [-0.15, -0.1) is 0 Å². The first kappa shape index (κ1) is 14.1. The second-order valence-corrected chi connectivity index (χ2v) is 6.08. The molecule has 0 aromatic heterocycles. The molecule has 0 saturated carbocycles. The van der Waals surface area contributed by atoms with Crippen LogP contribution in [0.1, 0.15) is 30.9 Å². The van der Waals surface area contributed by atoms with E-state index in [1.165, 1.54) is 11.1 Å². The second kappa shape index (κ2) is 5.15. The fraction of sp³-hybridized carbons (Fsp3) is 0.500. The Bertz CT molecular complexity index is 587. The number of hydrogen-bond acceptors (Lipinski definition) is 3. The molecule has 1 saturated heterocycles.